The monoisotopic (exact) mass is 416 g/mol. The van der Waals surface area contributed by atoms with E-state index in [1.165, 1.54) is 11.1 Å². The lowest BCUT2D eigenvalue weighted by atomic mass is 10.0. The molecule has 0 atom stereocenters. The lowest BCUT2D eigenvalue weighted by Gasteiger charge is -2.13. The molecule has 0 unspecified atom stereocenters. The van der Waals surface area contributed by atoms with Crippen molar-refractivity contribution in [3.05, 3.63) is 88.8 Å². The number of aromatic nitrogens is 2. The van der Waals surface area contributed by atoms with E-state index in [-0.39, 0.29) is 17.6 Å². The molecule has 4 aromatic rings. The quantitative estimate of drug-likeness (QED) is 0.340. The number of thioether (sulfide) groups is 1. The van der Waals surface area contributed by atoms with Crippen LogP contribution in [0, 0.1) is 0 Å². The second kappa shape index (κ2) is 8.55. The largest absolute Gasteiger partial charge is 0.462 e. The zero-order valence-corrected chi connectivity index (χ0v) is 17.5. The van der Waals surface area contributed by atoms with E-state index in [0.29, 0.717) is 11.0 Å². The van der Waals surface area contributed by atoms with Gasteiger partial charge < -0.3 is 9.30 Å². The topological polar surface area (TPSA) is 61.2 Å². The fourth-order valence-electron chi connectivity index (χ4n) is 3.33. The van der Waals surface area contributed by atoms with Gasteiger partial charge in [0, 0.05) is 23.0 Å². The number of rotatable bonds is 5. The van der Waals surface area contributed by atoms with Crippen molar-refractivity contribution in [2.45, 2.75) is 11.8 Å². The average molecular weight is 417 g/mol. The summed E-state index contributed by atoms with van der Waals surface area (Å²) in [5, 5.41) is 0.373. The standard InChI is InChI=1S/C24H20N2O3S/c1-3-29-24(28)21-15-26(23-20(22(21)27)8-5-13-25-23)18-7-4-6-17(14-18)16-9-11-19(30-2)12-10-16/h4-15H,3H2,1-2H3. The molecule has 2 heterocycles. The molecule has 2 aromatic heterocycles. The van der Waals surface area contributed by atoms with Gasteiger partial charge in [-0.2, -0.15) is 0 Å². The summed E-state index contributed by atoms with van der Waals surface area (Å²) in [6.45, 7) is 1.91. The molecule has 0 saturated heterocycles. The van der Waals surface area contributed by atoms with Crippen LogP contribution in [0.1, 0.15) is 17.3 Å². The first-order chi connectivity index (χ1) is 14.6. The van der Waals surface area contributed by atoms with E-state index in [0.717, 1.165) is 16.8 Å². The SMILES string of the molecule is CCOC(=O)c1cn(-c2cccc(-c3ccc(SC)cc3)c2)c2ncccc2c1=O. The maximum Gasteiger partial charge on any atom is 0.343 e. The molecule has 0 aliphatic heterocycles. The van der Waals surface area contributed by atoms with Crippen molar-refractivity contribution in [2.24, 2.45) is 0 Å². The Morgan fingerprint density at radius 2 is 1.87 bits per heavy atom. The first-order valence-corrected chi connectivity index (χ1v) is 10.8. The molecule has 0 radical (unpaired) electrons. The number of pyridine rings is 2. The minimum absolute atomic E-state index is 0.00734. The third kappa shape index (κ3) is 3.74. The van der Waals surface area contributed by atoms with Crippen LogP contribution in [0.4, 0.5) is 0 Å². The van der Waals surface area contributed by atoms with Gasteiger partial charge in [-0.25, -0.2) is 9.78 Å². The predicted octanol–water partition coefficient (Wildman–Crippen LogP) is 4.95. The summed E-state index contributed by atoms with van der Waals surface area (Å²) in [7, 11) is 0. The van der Waals surface area contributed by atoms with Crippen molar-refractivity contribution >= 4 is 28.8 Å². The van der Waals surface area contributed by atoms with Crippen molar-refractivity contribution in [3.63, 3.8) is 0 Å². The van der Waals surface area contributed by atoms with Crippen LogP contribution in [-0.2, 0) is 4.74 Å². The highest BCUT2D eigenvalue weighted by molar-refractivity contribution is 7.98. The summed E-state index contributed by atoms with van der Waals surface area (Å²) >= 11 is 1.70. The molecule has 4 rings (SSSR count). The van der Waals surface area contributed by atoms with Gasteiger partial charge in [0.25, 0.3) is 0 Å². The lowest BCUT2D eigenvalue weighted by molar-refractivity contribution is 0.0524. The fourth-order valence-corrected chi connectivity index (χ4v) is 3.74. The third-order valence-electron chi connectivity index (χ3n) is 4.81. The molecule has 150 valence electrons. The zero-order chi connectivity index (χ0) is 21.1. The normalized spacial score (nSPS) is 10.9. The van der Waals surface area contributed by atoms with Crippen LogP contribution >= 0.6 is 11.8 Å². The third-order valence-corrected chi connectivity index (χ3v) is 5.55. The maximum absolute atomic E-state index is 12.8. The molecule has 0 saturated carbocycles. The Kier molecular flexibility index (Phi) is 5.68. The highest BCUT2D eigenvalue weighted by Crippen LogP contribution is 2.26. The molecule has 6 heteroatoms. The minimum Gasteiger partial charge on any atom is -0.462 e. The van der Waals surface area contributed by atoms with Gasteiger partial charge in [-0.3, -0.25) is 4.79 Å². The molecule has 0 spiro atoms. The molecule has 0 bridgehead atoms. The van der Waals surface area contributed by atoms with Crippen LogP contribution in [0.15, 0.2) is 82.7 Å². The fraction of sp³-hybridized carbons (Fsp3) is 0.125. The molecule has 0 fully saturated rings. The van der Waals surface area contributed by atoms with E-state index in [9.17, 15) is 9.59 Å². The van der Waals surface area contributed by atoms with Gasteiger partial charge in [-0.1, -0.05) is 24.3 Å². The molecule has 0 aliphatic rings. The average Bonchev–Trinajstić information content (AvgIpc) is 2.80. The number of nitrogens with zero attached hydrogens (tertiary/aromatic N) is 2. The number of ether oxygens (including phenoxy) is 1. The van der Waals surface area contributed by atoms with Gasteiger partial charge in [-0.15, -0.1) is 11.8 Å². The minimum atomic E-state index is -0.634. The second-order valence-electron chi connectivity index (χ2n) is 6.62. The summed E-state index contributed by atoms with van der Waals surface area (Å²) in [5.74, 6) is -0.634. The smallest absolute Gasteiger partial charge is 0.343 e. The van der Waals surface area contributed by atoms with E-state index in [1.807, 2.05) is 30.5 Å². The van der Waals surface area contributed by atoms with Gasteiger partial charge in [0.2, 0.25) is 5.43 Å². The van der Waals surface area contributed by atoms with Gasteiger partial charge >= 0.3 is 5.97 Å². The first-order valence-electron chi connectivity index (χ1n) is 9.54. The van der Waals surface area contributed by atoms with Crippen LogP contribution in [0.3, 0.4) is 0 Å². The Morgan fingerprint density at radius 3 is 2.60 bits per heavy atom. The molecular formula is C24H20N2O3S. The summed E-state index contributed by atoms with van der Waals surface area (Å²) in [6, 6.07) is 19.6. The molecule has 2 aromatic carbocycles. The Labute approximate surface area is 178 Å². The highest BCUT2D eigenvalue weighted by atomic mass is 32.2. The summed E-state index contributed by atoms with van der Waals surface area (Å²) in [4.78, 5) is 30.8. The van der Waals surface area contributed by atoms with Crippen LogP contribution in [0.5, 0.6) is 0 Å². The van der Waals surface area contributed by atoms with E-state index in [2.05, 4.69) is 29.2 Å². The maximum atomic E-state index is 12.8. The number of carbonyl (C=O) groups is 1. The van der Waals surface area contributed by atoms with E-state index >= 15 is 0 Å². The van der Waals surface area contributed by atoms with E-state index < -0.39 is 5.97 Å². The molecule has 5 nitrogen and oxygen atoms in total. The number of esters is 1. The van der Waals surface area contributed by atoms with Gasteiger partial charge in [0.1, 0.15) is 11.2 Å². The van der Waals surface area contributed by atoms with Crippen molar-refractivity contribution in [3.8, 4) is 16.8 Å². The van der Waals surface area contributed by atoms with Crippen LogP contribution in [0.25, 0.3) is 27.8 Å². The van der Waals surface area contributed by atoms with Gasteiger partial charge in [-0.05, 0) is 60.7 Å². The van der Waals surface area contributed by atoms with Crippen molar-refractivity contribution in [1.29, 1.82) is 0 Å². The second-order valence-corrected chi connectivity index (χ2v) is 7.50. The summed E-state index contributed by atoms with van der Waals surface area (Å²) in [6.07, 6.45) is 5.20. The Hall–Kier alpha value is -3.38. The summed E-state index contributed by atoms with van der Waals surface area (Å²) in [5.41, 5.74) is 3.02. The number of hydrogen-bond acceptors (Lipinski definition) is 5. The van der Waals surface area contributed by atoms with Crippen LogP contribution in [0.2, 0.25) is 0 Å². The Bertz CT molecular complexity index is 1280. The molecule has 0 aliphatic carbocycles. The van der Waals surface area contributed by atoms with E-state index in [1.54, 1.807) is 41.6 Å². The Morgan fingerprint density at radius 1 is 1.07 bits per heavy atom. The molecule has 0 N–H and O–H groups in total. The highest BCUT2D eigenvalue weighted by Gasteiger charge is 2.18. The number of fused-ring (bicyclic) bond motifs is 1. The van der Waals surface area contributed by atoms with Gasteiger partial charge in [0.15, 0.2) is 0 Å². The van der Waals surface area contributed by atoms with Crippen LogP contribution < -0.4 is 5.43 Å². The number of carbonyl (C=O) groups excluding carboxylic acids is 1. The molecule has 0 amide bonds. The molecule has 30 heavy (non-hydrogen) atoms. The lowest BCUT2D eigenvalue weighted by Crippen LogP contribution is -2.21. The number of hydrogen-bond donors (Lipinski definition) is 0. The van der Waals surface area contributed by atoms with E-state index in [4.69, 9.17) is 4.74 Å². The number of benzene rings is 2. The first kappa shape index (κ1) is 19.9. The van der Waals surface area contributed by atoms with Crippen LogP contribution in [-0.4, -0.2) is 28.4 Å². The van der Waals surface area contributed by atoms with Crippen molar-refractivity contribution in [1.82, 2.24) is 9.55 Å². The summed E-state index contributed by atoms with van der Waals surface area (Å²) < 4.78 is 6.86. The zero-order valence-electron chi connectivity index (χ0n) is 16.7. The van der Waals surface area contributed by atoms with Crippen molar-refractivity contribution in [2.75, 3.05) is 12.9 Å². The molecular weight excluding hydrogens is 396 g/mol. The van der Waals surface area contributed by atoms with Crippen molar-refractivity contribution < 1.29 is 9.53 Å². The Balaban J connectivity index is 1.89. The predicted molar refractivity (Wildman–Crippen MR) is 121 cm³/mol. The van der Waals surface area contributed by atoms with Gasteiger partial charge in [0.05, 0.1) is 12.0 Å².